The van der Waals surface area contributed by atoms with Gasteiger partial charge in [-0.25, -0.2) is 9.78 Å². The predicted octanol–water partition coefficient (Wildman–Crippen LogP) is 2.60. The second kappa shape index (κ2) is 6.00. The van der Waals surface area contributed by atoms with E-state index in [0.29, 0.717) is 6.54 Å². The van der Waals surface area contributed by atoms with E-state index < -0.39 is 18.2 Å². The van der Waals surface area contributed by atoms with Crippen molar-refractivity contribution in [2.75, 3.05) is 13.6 Å². The Morgan fingerprint density at radius 3 is 2.64 bits per heavy atom. The molecular formula is C12H11F3N4O3. The van der Waals surface area contributed by atoms with Gasteiger partial charge in [0.2, 0.25) is 5.82 Å². The maximum Gasteiger partial charge on any atom is 0.471 e. The molecule has 2 heterocycles. The maximum absolute atomic E-state index is 12.4. The van der Waals surface area contributed by atoms with Crippen molar-refractivity contribution in [2.45, 2.75) is 13.1 Å². The first-order valence-electron chi connectivity index (χ1n) is 6.11. The number of hydrogen-bond donors (Lipinski definition) is 0. The average Bonchev–Trinajstić information content (AvgIpc) is 2.97. The highest BCUT2D eigenvalue weighted by Crippen LogP contribution is 2.29. The molecule has 0 aliphatic rings. The van der Waals surface area contributed by atoms with E-state index in [0.717, 1.165) is 0 Å². The molecule has 0 radical (unpaired) electrons. The average molecular weight is 316 g/mol. The molecule has 0 saturated heterocycles. The number of carbonyl (C=O) groups is 1. The van der Waals surface area contributed by atoms with Crippen LogP contribution in [0.1, 0.15) is 12.8 Å². The van der Waals surface area contributed by atoms with E-state index in [1.807, 2.05) is 0 Å². The van der Waals surface area contributed by atoms with E-state index >= 15 is 0 Å². The molecule has 0 fully saturated rings. The van der Waals surface area contributed by atoms with Crippen LogP contribution in [0.2, 0.25) is 0 Å². The molecule has 0 atom stereocenters. The molecule has 0 aliphatic carbocycles. The number of ether oxygens (including phenoxy) is 1. The predicted molar refractivity (Wildman–Crippen MR) is 66.9 cm³/mol. The molecule has 0 aromatic carbocycles. The first-order valence-corrected chi connectivity index (χ1v) is 6.11. The van der Waals surface area contributed by atoms with Crippen LogP contribution < -0.4 is 4.74 Å². The summed E-state index contributed by atoms with van der Waals surface area (Å²) >= 11 is 0. The number of nitrogens with zero attached hydrogens (tertiary/aromatic N) is 4. The van der Waals surface area contributed by atoms with Crippen LogP contribution >= 0.6 is 0 Å². The second-order valence-electron chi connectivity index (χ2n) is 4.18. The van der Waals surface area contributed by atoms with Crippen LogP contribution in [0.3, 0.4) is 0 Å². The third-order valence-electron chi connectivity index (χ3n) is 2.63. The van der Waals surface area contributed by atoms with Gasteiger partial charge in [-0.3, -0.25) is 0 Å². The summed E-state index contributed by atoms with van der Waals surface area (Å²) in [6.45, 7) is 2.24. The fourth-order valence-corrected chi connectivity index (χ4v) is 1.32. The second-order valence-corrected chi connectivity index (χ2v) is 4.18. The fraction of sp³-hybridized carbons (Fsp3) is 0.333. The van der Waals surface area contributed by atoms with Crippen LogP contribution in [0.15, 0.2) is 22.9 Å². The highest BCUT2D eigenvalue weighted by Gasteiger charge is 2.38. The summed E-state index contributed by atoms with van der Waals surface area (Å²) < 4.78 is 46.2. The Kier molecular flexibility index (Phi) is 4.29. The minimum Gasteiger partial charge on any atom is -0.409 e. The minimum absolute atomic E-state index is 0.0582. The van der Waals surface area contributed by atoms with Gasteiger partial charge in [0.25, 0.3) is 0 Å². The Labute approximate surface area is 122 Å². The Bertz CT molecular complexity index is 654. The van der Waals surface area contributed by atoms with Crippen LogP contribution in [0.5, 0.6) is 5.75 Å². The number of amides is 1. The van der Waals surface area contributed by atoms with E-state index in [1.165, 1.54) is 23.2 Å². The van der Waals surface area contributed by atoms with Gasteiger partial charge in [-0.15, -0.1) is 0 Å². The zero-order valence-electron chi connectivity index (χ0n) is 11.6. The van der Waals surface area contributed by atoms with Crippen LogP contribution in [0.4, 0.5) is 18.0 Å². The van der Waals surface area contributed by atoms with Crippen molar-refractivity contribution in [1.82, 2.24) is 20.0 Å². The van der Waals surface area contributed by atoms with Gasteiger partial charge in [0.1, 0.15) is 5.69 Å². The summed E-state index contributed by atoms with van der Waals surface area (Å²) in [7, 11) is 1.56. The zero-order valence-corrected chi connectivity index (χ0v) is 11.6. The molecule has 0 spiro atoms. The summed E-state index contributed by atoms with van der Waals surface area (Å²) in [6, 6.07) is 2.69. The van der Waals surface area contributed by atoms with Crippen molar-refractivity contribution in [3.05, 3.63) is 24.2 Å². The highest BCUT2D eigenvalue weighted by atomic mass is 19.4. The van der Waals surface area contributed by atoms with E-state index in [2.05, 4.69) is 19.6 Å². The van der Waals surface area contributed by atoms with Crippen molar-refractivity contribution in [3.63, 3.8) is 0 Å². The monoisotopic (exact) mass is 316 g/mol. The molecule has 2 aromatic heterocycles. The van der Waals surface area contributed by atoms with Crippen molar-refractivity contribution in [1.29, 1.82) is 0 Å². The number of hydrogen-bond acceptors (Lipinski definition) is 6. The third-order valence-corrected chi connectivity index (χ3v) is 2.63. The molecule has 22 heavy (non-hydrogen) atoms. The quantitative estimate of drug-likeness (QED) is 0.865. The van der Waals surface area contributed by atoms with Gasteiger partial charge in [0, 0.05) is 13.6 Å². The zero-order chi connectivity index (χ0) is 16.3. The number of pyridine rings is 1. The van der Waals surface area contributed by atoms with E-state index in [-0.39, 0.29) is 17.3 Å². The van der Waals surface area contributed by atoms with Gasteiger partial charge in [-0.05, 0) is 19.1 Å². The first-order chi connectivity index (χ1) is 10.3. The summed E-state index contributed by atoms with van der Waals surface area (Å²) in [6.07, 6.45) is -4.11. The van der Waals surface area contributed by atoms with Crippen molar-refractivity contribution >= 4 is 6.09 Å². The van der Waals surface area contributed by atoms with Crippen LogP contribution in [-0.4, -0.2) is 39.7 Å². The molecule has 10 heteroatoms. The van der Waals surface area contributed by atoms with Crippen LogP contribution in [-0.2, 0) is 6.18 Å². The van der Waals surface area contributed by atoms with Gasteiger partial charge in [0.15, 0.2) is 5.75 Å². The lowest BCUT2D eigenvalue weighted by Crippen LogP contribution is -2.29. The molecule has 1 amide bonds. The number of carbonyl (C=O) groups excluding carboxylic acids is 1. The van der Waals surface area contributed by atoms with Gasteiger partial charge >= 0.3 is 18.2 Å². The fourth-order valence-electron chi connectivity index (χ4n) is 1.32. The molecule has 0 N–H and O–H groups in total. The molecule has 2 aromatic rings. The third kappa shape index (κ3) is 3.51. The summed E-state index contributed by atoms with van der Waals surface area (Å²) in [4.78, 5) is 19.9. The lowest BCUT2D eigenvalue weighted by molar-refractivity contribution is -0.159. The highest BCUT2D eigenvalue weighted by molar-refractivity contribution is 5.70. The van der Waals surface area contributed by atoms with E-state index in [9.17, 15) is 18.0 Å². The van der Waals surface area contributed by atoms with Crippen molar-refractivity contribution in [3.8, 4) is 17.3 Å². The number of rotatable bonds is 3. The molecule has 2 rings (SSSR count). The first kappa shape index (κ1) is 15.7. The summed E-state index contributed by atoms with van der Waals surface area (Å²) in [5, 5.41) is 3.20. The molecule has 118 valence electrons. The Hall–Kier alpha value is -2.65. The molecule has 7 nitrogen and oxygen atoms in total. The molecule has 0 bridgehead atoms. The smallest absolute Gasteiger partial charge is 0.409 e. The summed E-state index contributed by atoms with van der Waals surface area (Å²) in [5.74, 6) is -1.62. The lowest BCUT2D eigenvalue weighted by Gasteiger charge is -2.13. The van der Waals surface area contributed by atoms with Crippen molar-refractivity contribution < 1.29 is 27.2 Å². The topological polar surface area (TPSA) is 81.4 Å². The molecule has 0 unspecified atom stereocenters. The largest absolute Gasteiger partial charge is 0.471 e. The summed E-state index contributed by atoms with van der Waals surface area (Å²) in [5.41, 5.74) is 0.0582. The standard InChI is InChI=1S/C12H11F3N4O3/c1-3-19(2)11(20)21-7-4-5-8(16-6-7)9-17-10(22-18-9)12(13,14)15/h4-6H,3H2,1-2H3. The van der Waals surface area contributed by atoms with Crippen LogP contribution in [0.25, 0.3) is 11.5 Å². The maximum atomic E-state index is 12.4. The van der Waals surface area contributed by atoms with Gasteiger partial charge in [0.05, 0.1) is 6.20 Å². The number of alkyl halides is 3. The Balaban J connectivity index is 2.12. The Morgan fingerprint density at radius 2 is 2.14 bits per heavy atom. The number of aromatic nitrogens is 3. The van der Waals surface area contributed by atoms with E-state index in [4.69, 9.17) is 4.74 Å². The molecule has 0 saturated carbocycles. The number of halogens is 3. The minimum atomic E-state index is -4.72. The SMILES string of the molecule is CCN(C)C(=O)Oc1ccc(-c2noc(C(F)(F)F)n2)nc1. The Morgan fingerprint density at radius 1 is 1.41 bits per heavy atom. The van der Waals surface area contributed by atoms with E-state index in [1.54, 1.807) is 14.0 Å². The van der Waals surface area contributed by atoms with Gasteiger partial charge in [-0.1, -0.05) is 5.16 Å². The van der Waals surface area contributed by atoms with Crippen molar-refractivity contribution in [2.24, 2.45) is 0 Å². The molecule has 0 aliphatic heterocycles. The lowest BCUT2D eigenvalue weighted by atomic mass is 10.3. The van der Waals surface area contributed by atoms with Gasteiger partial charge < -0.3 is 14.2 Å². The van der Waals surface area contributed by atoms with Crippen LogP contribution in [0, 0.1) is 0 Å². The molecular weight excluding hydrogens is 305 g/mol. The normalized spacial score (nSPS) is 11.3. The van der Waals surface area contributed by atoms with Gasteiger partial charge in [-0.2, -0.15) is 18.2 Å².